The summed E-state index contributed by atoms with van der Waals surface area (Å²) in [6.45, 7) is 1.36. The number of morpholine rings is 1. The molecular weight excluding hydrogens is 400 g/mol. The van der Waals surface area contributed by atoms with E-state index < -0.39 is 14.9 Å². The van der Waals surface area contributed by atoms with Crippen LogP contribution in [0.5, 0.6) is 0 Å². The molecule has 10 nitrogen and oxygen atoms in total. The van der Waals surface area contributed by atoms with Crippen LogP contribution in [0.3, 0.4) is 0 Å². The summed E-state index contributed by atoms with van der Waals surface area (Å²) in [4.78, 5) is 22.3. The van der Waals surface area contributed by atoms with Crippen LogP contribution in [0.2, 0.25) is 0 Å². The van der Waals surface area contributed by atoms with Gasteiger partial charge in [0.25, 0.3) is 5.69 Å². The van der Waals surface area contributed by atoms with E-state index >= 15 is 0 Å². The molecule has 1 aliphatic heterocycles. The number of carbonyl (C=O) groups is 1. The Bertz CT molecular complexity index is 970. The van der Waals surface area contributed by atoms with E-state index in [9.17, 15) is 23.3 Å². The monoisotopic (exact) mass is 420 g/mol. The van der Waals surface area contributed by atoms with E-state index in [2.05, 4.69) is 10.6 Å². The number of nitro groups is 1. The van der Waals surface area contributed by atoms with Gasteiger partial charge in [-0.2, -0.15) is 4.31 Å². The largest absolute Gasteiger partial charge is 0.379 e. The third-order valence-electron chi connectivity index (χ3n) is 4.28. The molecule has 0 aliphatic carbocycles. The van der Waals surface area contributed by atoms with Crippen molar-refractivity contribution in [3.63, 3.8) is 0 Å². The summed E-state index contributed by atoms with van der Waals surface area (Å²) in [6.07, 6.45) is 0. The Labute approximate surface area is 167 Å². The van der Waals surface area contributed by atoms with Crippen LogP contribution in [0.4, 0.5) is 17.1 Å². The lowest BCUT2D eigenvalue weighted by Crippen LogP contribution is -2.40. The molecule has 154 valence electrons. The van der Waals surface area contributed by atoms with Crippen LogP contribution in [-0.2, 0) is 19.6 Å². The molecule has 1 fully saturated rings. The van der Waals surface area contributed by atoms with Gasteiger partial charge in [0.05, 0.1) is 29.6 Å². The lowest BCUT2D eigenvalue weighted by atomic mass is 10.3. The number of hydrogen-bond donors (Lipinski definition) is 2. The minimum absolute atomic E-state index is 0.0491. The molecule has 1 saturated heterocycles. The van der Waals surface area contributed by atoms with E-state index in [1.165, 1.54) is 40.7 Å². The fourth-order valence-electron chi connectivity index (χ4n) is 2.73. The van der Waals surface area contributed by atoms with E-state index in [0.717, 1.165) is 0 Å². The van der Waals surface area contributed by atoms with Crippen LogP contribution < -0.4 is 10.6 Å². The molecule has 0 bridgehead atoms. The quantitative estimate of drug-likeness (QED) is 0.514. The zero-order chi connectivity index (χ0) is 20.9. The fraction of sp³-hybridized carbons (Fsp3) is 0.278. The van der Waals surface area contributed by atoms with Crippen molar-refractivity contribution in [3.8, 4) is 0 Å². The van der Waals surface area contributed by atoms with Crippen LogP contribution in [0.1, 0.15) is 0 Å². The highest BCUT2D eigenvalue weighted by atomic mass is 32.2. The standard InChI is InChI=1S/C18H20N4O6S/c23-18(20-15-1-5-16(6-2-15)22(24)25)13-19-14-3-7-17(8-4-14)29(26,27)21-9-11-28-12-10-21/h1-8,19H,9-13H2,(H,20,23). The van der Waals surface area contributed by atoms with Crippen molar-refractivity contribution in [2.75, 3.05) is 43.5 Å². The van der Waals surface area contributed by atoms with Gasteiger partial charge < -0.3 is 15.4 Å². The van der Waals surface area contributed by atoms with E-state index in [-0.39, 0.29) is 23.0 Å². The summed E-state index contributed by atoms with van der Waals surface area (Å²) >= 11 is 0. The van der Waals surface area contributed by atoms with Crippen molar-refractivity contribution in [2.45, 2.75) is 4.90 Å². The van der Waals surface area contributed by atoms with Gasteiger partial charge in [0.15, 0.2) is 0 Å². The maximum absolute atomic E-state index is 12.6. The molecular formula is C18H20N4O6S. The Morgan fingerprint density at radius 1 is 1.03 bits per heavy atom. The predicted octanol–water partition coefficient (Wildman–Crippen LogP) is 1.67. The summed E-state index contributed by atoms with van der Waals surface area (Å²) in [5, 5.41) is 16.2. The van der Waals surface area contributed by atoms with E-state index in [1.54, 1.807) is 12.1 Å². The molecule has 29 heavy (non-hydrogen) atoms. The van der Waals surface area contributed by atoms with Gasteiger partial charge in [-0.3, -0.25) is 14.9 Å². The number of anilines is 2. The molecule has 2 aromatic rings. The van der Waals surface area contributed by atoms with Gasteiger partial charge >= 0.3 is 0 Å². The Hall–Kier alpha value is -3.02. The zero-order valence-corrected chi connectivity index (χ0v) is 16.2. The van der Waals surface area contributed by atoms with Crippen LogP contribution >= 0.6 is 0 Å². The average Bonchev–Trinajstić information content (AvgIpc) is 2.73. The molecule has 2 N–H and O–H groups in total. The van der Waals surface area contributed by atoms with E-state index in [4.69, 9.17) is 4.74 Å². The highest BCUT2D eigenvalue weighted by Gasteiger charge is 2.26. The predicted molar refractivity (Wildman–Crippen MR) is 106 cm³/mol. The summed E-state index contributed by atoms with van der Waals surface area (Å²) in [7, 11) is -3.56. The smallest absolute Gasteiger partial charge is 0.269 e. The molecule has 1 heterocycles. The number of nitro benzene ring substituents is 1. The summed E-state index contributed by atoms with van der Waals surface area (Å²) in [5.41, 5.74) is 0.965. The fourth-order valence-corrected chi connectivity index (χ4v) is 4.14. The number of nitrogens with one attached hydrogen (secondary N) is 2. The summed E-state index contributed by atoms with van der Waals surface area (Å²) < 4.78 is 31.7. The van der Waals surface area contributed by atoms with Gasteiger partial charge in [0.2, 0.25) is 15.9 Å². The number of ether oxygens (including phenoxy) is 1. The van der Waals surface area contributed by atoms with Crippen LogP contribution in [0, 0.1) is 10.1 Å². The molecule has 11 heteroatoms. The van der Waals surface area contributed by atoms with Gasteiger partial charge in [0.1, 0.15) is 0 Å². The number of benzene rings is 2. The van der Waals surface area contributed by atoms with Gasteiger partial charge in [-0.05, 0) is 36.4 Å². The molecule has 1 aliphatic rings. The molecule has 1 amide bonds. The van der Waals surface area contributed by atoms with Crippen molar-refractivity contribution >= 4 is 33.0 Å². The van der Waals surface area contributed by atoms with Gasteiger partial charge in [0, 0.05) is 36.6 Å². The second-order valence-electron chi connectivity index (χ2n) is 6.25. The highest BCUT2D eigenvalue weighted by molar-refractivity contribution is 7.89. The van der Waals surface area contributed by atoms with Crippen molar-refractivity contribution in [1.29, 1.82) is 0 Å². The second-order valence-corrected chi connectivity index (χ2v) is 8.18. The summed E-state index contributed by atoms with van der Waals surface area (Å²) in [6, 6.07) is 11.7. The van der Waals surface area contributed by atoms with E-state index in [1.807, 2.05) is 0 Å². The first kappa shape index (κ1) is 20.7. The van der Waals surface area contributed by atoms with Crippen LogP contribution in [0.25, 0.3) is 0 Å². The topological polar surface area (TPSA) is 131 Å². The van der Waals surface area contributed by atoms with E-state index in [0.29, 0.717) is 37.7 Å². The molecule has 3 rings (SSSR count). The van der Waals surface area contributed by atoms with Crippen molar-refractivity contribution < 1.29 is 22.9 Å². The number of sulfonamides is 1. The first-order valence-electron chi connectivity index (χ1n) is 8.82. The number of hydrogen-bond acceptors (Lipinski definition) is 7. The Balaban J connectivity index is 1.54. The molecule has 0 aromatic heterocycles. The average molecular weight is 420 g/mol. The molecule has 0 unspecified atom stereocenters. The first-order valence-corrected chi connectivity index (χ1v) is 10.3. The third kappa shape index (κ3) is 5.28. The highest BCUT2D eigenvalue weighted by Crippen LogP contribution is 2.19. The molecule has 2 aromatic carbocycles. The van der Waals surface area contributed by atoms with Crippen molar-refractivity contribution in [2.24, 2.45) is 0 Å². The van der Waals surface area contributed by atoms with Gasteiger partial charge in [-0.1, -0.05) is 0 Å². The van der Waals surface area contributed by atoms with Gasteiger partial charge in [-0.25, -0.2) is 8.42 Å². The molecule has 0 atom stereocenters. The maximum atomic E-state index is 12.6. The van der Waals surface area contributed by atoms with Crippen molar-refractivity contribution in [1.82, 2.24) is 4.31 Å². The van der Waals surface area contributed by atoms with Crippen LogP contribution in [-0.4, -0.2) is 56.4 Å². The number of rotatable bonds is 7. The Kier molecular flexibility index (Phi) is 6.42. The first-order chi connectivity index (χ1) is 13.9. The zero-order valence-electron chi connectivity index (χ0n) is 15.4. The lowest BCUT2D eigenvalue weighted by molar-refractivity contribution is -0.384. The lowest BCUT2D eigenvalue weighted by Gasteiger charge is -2.26. The van der Waals surface area contributed by atoms with Gasteiger partial charge in [-0.15, -0.1) is 0 Å². The Morgan fingerprint density at radius 2 is 1.62 bits per heavy atom. The SMILES string of the molecule is O=C(CNc1ccc(S(=O)(=O)N2CCOCC2)cc1)Nc1ccc([N+](=O)[O-])cc1. The van der Waals surface area contributed by atoms with Crippen LogP contribution in [0.15, 0.2) is 53.4 Å². The molecule has 0 spiro atoms. The minimum Gasteiger partial charge on any atom is -0.379 e. The minimum atomic E-state index is -3.56. The number of carbonyl (C=O) groups excluding carboxylic acids is 1. The molecule has 0 radical (unpaired) electrons. The number of non-ortho nitro benzene ring substituents is 1. The summed E-state index contributed by atoms with van der Waals surface area (Å²) in [5.74, 6) is -0.344. The molecule has 0 saturated carbocycles. The normalized spacial score (nSPS) is 14.9. The second kappa shape index (κ2) is 8.99. The van der Waals surface area contributed by atoms with Crippen molar-refractivity contribution in [3.05, 3.63) is 58.6 Å². The number of nitrogens with zero attached hydrogens (tertiary/aromatic N) is 2. The number of amides is 1. The maximum Gasteiger partial charge on any atom is 0.269 e. The third-order valence-corrected chi connectivity index (χ3v) is 6.19. The Morgan fingerprint density at radius 3 is 2.21 bits per heavy atom.